The van der Waals surface area contributed by atoms with Crippen LogP contribution in [-0.4, -0.2) is 50.0 Å². The first-order chi connectivity index (χ1) is 15.8. The van der Waals surface area contributed by atoms with Crippen molar-refractivity contribution in [2.75, 3.05) is 13.1 Å². The summed E-state index contributed by atoms with van der Waals surface area (Å²) in [4.78, 5) is 17.9. The van der Waals surface area contributed by atoms with Gasteiger partial charge in [-0.15, -0.1) is 5.10 Å². The number of halogens is 3. The summed E-state index contributed by atoms with van der Waals surface area (Å²) < 4.78 is 46.3. The second kappa shape index (κ2) is 9.53. The lowest BCUT2D eigenvalue weighted by Crippen LogP contribution is -2.48. The number of hydrogen-bond acceptors (Lipinski definition) is 5. The maximum Gasteiger partial charge on any atom is 0.416 e. The quantitative estimate of drug-likeness (QED) is 0.525. The molecule has 0 bridgehead atoms. The van der Waals surface area contributed by atoms with Gasteiger partial charge in [0.25, 0.3) is 0 Å². The number of aromatic nitrogens is 4. The number of likely N-dealkylation sites (tertiary alicyclic amines) is 1. The van der Waals surface area contributed by atoms with Gasteiger partial charge in [0, 0.05) is 31.0 Å². The lowest BCUT2D eigenvalue weighted by molar-refractivity contribution is -0.137. The molecule has 4 rings (SSSR count). The van der Waals surface area contributed by atoms with Crippen LogP contribution < -0.4 is 0 Å². The van der Waals surface area contributed by atoms with E-state index in [0.717, 1.165) is 17.7 Å². The number of alkyl halides is 3. The number of amides is 1. The zero-order chi connectivity index (χ0) is 23.4. The lowest BCUT2D eigenvalue weighted by Gasteiger charge is -2.37. The molecule has 1 fully saturated rings. The van der Waals surface area contributed by atoms with Crippen molar-refractivity contribution in [3.8, 4) is 11.3 Å². The van der Waals surface area contributed by atoms with Crippen molar-refractivity contribution in [1.29, 1.82) is 0 Å². The molecule has 10 heteroatoms. The topological polar surface area (TPSA) is 73.1 Å². The van der Waals surface area contributed by atoms with E-state index in [9.17, 15) is 18.0 Å². The van der Waals surface area contributed by atoms with Crippen LogP contribution in [0.1, 0.15) is 23.6 Å². The standard InChI is InChI=1S/C23H22F3N5O2/c1-2-22(32)30-11-9-20(31-13-19(28-29-31)17-4-3-10-27-12-17)21(14-30)33-15-16-5-7-18(8-6-16)23(24,25)26/h2-8,10,12-13,20-21H,1,9,11,14-15H2/t20-,21-/m1/s1. The van der Waals surface area contributed by atoms with E-state index >= 15 is 0 Å². The molecule has 2 atom stereocenters. The van der Waals surface area contributed by atoms with Gasteiger partial charge >= 0.3 is 6.18 Å². The Bertz CT molecular complexity index is 1100. The van der Waals surface area contributed by atoms with Gasteiger partial charge in [-0.25, -0.2) is 4.68 Å². The van der Waals surface area contributed by atoms with Crippen LogP contribution >= 0.6 is 0 Å². The zero-order valence-electron chi connectivity index (χ0n) is 17.7. The normalized spacial score (nSPS) is 18.8. The first kappa shape index (κ1) is 22.7. The highest BCUT2D eigenvalue weighted by Gasteiger charge is 2.34. The van der Waals surface area contributed by atoms with Gasteiger partial charge in [-0.05, 0) is 42.3 Å². The number of carbonyl (C=O) groups excluding carboxylic acids is 1. The molecule has 7 nitrogen and oxygen atoms in total. The molecule has 0 spiro atoms. The molecule has 1 aliphatic rings. The van der Waals surface area contributed by atoms with Gasteiger partial charge in [0.2, 0.25) is 5.91 Å². The summed E-state index contributed by atoms with van der Waals surface area (Å²) in [6.45, 7) is 4.44. The molecule has 172 valence electrons. The van der Waals surface area contributed by atoms with E-state index in [1.165, 1.54) is 18.2 Å². The summed E-state index contributed by atoms with van der Waals surface area (Å²) in [5.41, 5.74) is 1.37. The maximum absolute atomic E-state index is 12.8. The first-order valence-electron chi connectivity index (χ1n) is 10.4. The third kappa shape index (κ3) is 5.28. The third-order valence-corrected chi connectivity index (χ3v) is 5.56. The number of hydrogen-bond donors (Lipinski definition) is 0. The second-order valence-corrected chi connectivity index (χ2v) is 7.71. The Hall–Kier alpha value is -3.53. The number of ether oxygens (including phenoxy) is 1. The second-order valence-electron chi connectivity index (χ2n) is 7.71. The van der Waals surface area contributed by atoms with Crippen molar-refractivity contribution in [2.45, 2.75) is 31.3 Å². The molecule has 2 aromatic heterocycles. The van der Waals surface area contributed by atoms with Crippen LogP contribution in [-0.2, 0) is 22.3 Å². The number of nitrogens with zero attached hydrogens (tertiary/aromatic N) is 5. The van der Waals surface area contributed by atoms with Gasteiger partial charge in [0.1, 0.15) is 5.69 Å². The molecule has 3 aromatic rings. The lowest BCUT2D eigenvalue weighted by atomic mass is 10.0. The fourth-order valence-corrected chi connectivity index (χ4v) is 3.78. The van der Waals surface area contributed by atoms with E-state index in [-0.39, 0.29) is 18.6 Å². The Kier molecular flexibility index (Phi) is 6.55. The molecule has 1 amide bonds. The van der Waals surface area contributed by atoms with Gasteiger partial charge in [-0.3, -0.25) is 9.78 Å². The predicted octanol–water partition coefficient (Wildman–Crippen LogP) is 3.90. The average molecular weight is 457 g/mol. The summed E-state index contributed by atoms with van der Waals surface area (Å²) in [5, 5.41) is 8.49. The molecule has 33 heavy (non-hydrogen) atoms. The van der Waals surface area contributed by atoms with Gasteiger partial charge in [0.05, 0.1) is 30.5 Å². The summed E-state index contributed by atoms with van der Waals surface area (Å²) in [5.74, 6) is -0.203. The molecule has 0 aliphatic carbocycles. The van der Waals surface area contributed by atoms with E-state index in [0.29, 0.717) is 30.8 Å². The number of carbonyl (C=O) groups is 1. The molecule has 1 aliphatic heterocycles. The predicted molar refractivity (Wildman–Crippen MR) is 114 cm³/mol. The van der Waals surface area contributed by atoms with Gasteiger partial charge in [0.15, 0.2) is 0 Å². The van der Waals surface area contributed by atoms with Crippen LogP contribution in [0, 0.1) is 0 Å². The molecular formula is C23H22F3N5O2. The minimum atomic E-state index is -4.39. The van der Waals surface area contributed by atoms with Crippen LogP contribution in [0.4, 0.5) is 13.2 Å². The highest BCUT2D eigenvalue weighted by molar-refractivity contribution is 5.87. The molecule has 3 heterocycles. The molecule has 0 unspecified atom stereocenters. The summed E-state index contributed by atoms with van der Waals surface area (Å²) in [6.07, 6.45) is 2.17. The molecule has 0 saturated carbocycles. The first-order valence-corrected chi connectivity index (χ1v) is 10.4. The van der Waals surface area contributed by atoms with Crippen molar-refractivity contribution in [1.82, 2.24) is 24.9 Å². The zero-order valence-corrected chi connectivity index (χ0v) is 17.7. The van der Waals surface area contributed by atoms with E-state index in [1.54, 1.807) is 28.2 Å². The molecular weight excluding hydrogens is 435 g/mol. The van der Waals surface area contributed by atoms with Crippen molar-refractivity contribution in [3.63, 3.8) is 0 Å². The summed E-state index contributed by atoms with van der Waals surface area (Å²) in [7, 11) is 0. The van der Waals surface area contributed by atoms with Crippen LogP contribution in [0.5, 0.6) is 0 Å². The fourth-order valence-electron chi connectivity index (χ4n) is 3.78. The van der Waals surface area contributed by atoms with Gasteiger partial charge < -0.3 is 9.64 Å². The minimum Gasteiger partial charge on any atom is -0.369 e. The molecule has 0 radical (unpaired) electrons. The minimum absolute atomic E-state index is 0.0968. The Morgan fingerprint density at radius 2 is 2.03 bits per heavy atom. The van der Waals surface area contributed by atoms with Crippen molar-refractivity contribution in [2.24, 2.45) is 0 Å². The molecule has 0 N–H and O–H groups in total. The van der Waals surface area contributed by atoms with E-state index < -0.39 is 17.8 Å². The monoisotopic (exact) mass is 457 g/mol. The summed E-state index contributed by atoms with van der Waals surface area (Å²) in [6, 6.07) is 8.33. The van der Waals surface area contributed by atoms with E-state index in [4.69, 9.17) is 4.74 Å². The highest BCUT2D eigenvalue weighted by atomic mass is 19.4. The van der Waals surface area contributed by atoms with Gasteiger partial charge in [-0.1, -0.05) is 23.9 Å². The van der Waals surface area contributed by atoms with Crippen molar-refractivity contribution < 1.29 is 22.7 Å². The van der Waals surface area contributed by atoms with Crippen molar-refractivity contribution in [3.05, 3.63) is 78.8 Å². The third-order valence-electron chi connectivity index (χ3n) is 5.56. The van der Waals surface area contributed by atoms with E-state index in [1.807, 2.05) is 12.1 Å². The fraction of sp³-hybridized carbons (Fsp3) is 0.304. The number of pyridine rings is 1. The van der Waals surface area contributed by atoms with Gasteiger partial charge in [-0.2, -0.15) is 13.2 Å². The van der Waals surface area contributed by atoms with E-state index in [2.05, 4.69) is 21.9 Å². The SMILES string of the molecule is C=CC(=O)N1CC[C@@H](n2cc(-c3cccnc3)nn2)[C@H](OCc2ccc(C(F)(F)F)cc2)C1. The largest absolute Gasteiger partial charge is 0.416 e. The smallest absolute Gasteiger partial charge is 0.369 e. The number of piperidine rings is 1. The van der Waals surface area contributed by atoms with Crippen molar-refractivity contribution >= 4 is 5.91 Å². The van der Waals surface area contributed by atoms with Crippen LogP contribution in [0.2, 0.25) is 0 Å². The highest BCUT2D eigenvalue weighted by Crippen LogP contribution is 2.30. The number of benzene rings is 1. The molecule has 1 aromatic carbocycles. The van der Waals surface area contributed by atoms with Crippen LogP contribution in [0.15, 0.2) is 67.6 Å². The Balaban J connectivity index is 1.51. The maximum atomic E-state index is 12.8. The average Bonchev–Trinajstić information content (AvgIpc) is 3.32. The Morgan fingerprint density at radius 1 is 1.24 bits per heavy atom. The number of rotatable bonds is 6. The Morgan fingerprint density at radius 3 is 2.70 bits per heavy atom. The van der Waals surface area contributed by atoms with Crippen LogP contribution in [0.25, 0.3) is 11.3 Å². The molecule has 1 saturated heterocycles. The Labute approximate surface area is 188 Å². The summed E-state index contributed by atoms with van der Waals surface area (Å²) >= 11 is 0. The van der Waals surface area contributed by atoms with Crippen LogP contribution in [0.3, 0.4) is 0 Å².